The molecule has 3 heterocycles. The Balaban J connectivity index is 1.29. The van der Waals surface area contributed by atoms with Crippen molar-refractivity contribution in [3.63, 3.8) is 0 Å². The second-order valence-corrected chi connectivity index (χ2v) is 12.1. The van der Waals surface area contributed by atoms with Gasteiger partial charge in [-0.1, -0.05) is 40.8 Å². The highest BCUT2D eigenvalue weighted by molar-refractivity contribution is 8.00. The van der Waals surface area contributed by atoms with Crippen molar-refractivity contribution < 1.29 is 28.2 Å². The Morgan fingerprint density at radius 2 is 1.76 bits per heavy atom. The molecule has 2 N–H and O–H groups in total. The van der Waals surface area contributed by atoms with Crippen LogP contribution in [0.4, 0.5) is 15.8 Å². The lowest BCUT2D eigenvalue weighted by Crippen LogP contribution is -2.32. The summed E-state index contributed by atoms with van der Waals surface area (Å²) in [5.41, 5.74) is 1.46. The maximum atomic E-state index is 13.8. The number of H-pyrrole nitrogens is 1. The van der Waals surface area contributed by atoms with E-state index in [0.29, 0.717) is 37.7 Å². The van der Waals surface area contributed by atoms with Crippen LogP contribution >= 0.6 is 34.7 Å². The summed E-state index contributed by atoms with van der Waals surface area (Å²) in [6.07, 6.45) is 0. The monoisotopic (exact) mass is 625 g/mol. The number of aromatic nitrogens is 1. The van der Waals surface area contributed by atoms with E-state index in [2.05, 4.69) is 10.3 Å². The Morgan fingerprint density at radius 1 is 1.02 bits per heavy atom. The van der Waals surface area contributed by atoms with E-state index in [9.17, 15) is 23.6 Å². The molecule has 9 nitrogen and oxygen atoms in total. The Morgan fingerprint density at radius 3 is 2.48 bits per heavy atom. The molecule has 13 heteroatoms. The van der Waals surface area contributed by atoms with E-state index in [-0.39, 0.29) is 17.2 Å². The first-order chi connectivity index (χ1) is 20.2. The van der Waals surface area contributed by atoms with Crippen LogP contribution < -0.4 is 24.6 Å². The third-order valence-corrected chi connectivity index (χ3v) is 9.60. The molecule has 2 aliphatic heterocycles. The first kappa shape index (κ1) is 28.0. The molecule has 42 heavy (non-hydrogen) atoms. The van der Waals surface area contributed by atoms with Gasteiger partial charge in [-0.25, -0.2) is 9.29 Å². The number of fused-ring (bicyclic) bond motifs is 2. The molecule has 4 aromatic rings. The highest BCUT2D eigenvalue weighted by atomic mass is 35.5. The lowest BCUT2D eigenvalue weighted by Gasteiger charge is -2.30. The van der Waals surface area contributed by atoms with Gasteiger partial charge in [0.15, 0.2) is 18.1 Å². The van der Waals surface area contributed by atoms with Crippen molar-refractivity contribution in [3.05, 3.63) is 97.7 Å². The summed E-state index contributed by atoms with van der Waals surface area (Å²) in [7, 11) is 1.44. The van der Waals surface area contributed by atoms with Crippen LogP contribution in [0.5, 0.6) is 11.5 Å². The maximum Gasteiger partial charge on any atom is 0.305 e. The third kappa shape index (κ3) is 5.17. The number of benzene rings is 3. The number of carbonyl (C=O) groups is 3. The van der Waals surface area contributed by atoms with E-state index in [4.69, 9.17) is 21.1 Å². The molecule has 0 bridgehead atoms. The van der Waals surface area contributed by atoms with E-state index in [1.807, 2.05) is 0 Å². The van der Waals surface area contributed by atoms with Gasteiger partial charge < -0.3 is 19.8 Å². The number of carbonyl (C=O) groups excluding carboxylic acids is 3. The Kier molecular flexibility index (Phi) is 7.52. The number of imide groups is 1. The van der Waals surface area contributed by atoms with E-state index >= 15 is 0 Å². The number of methoxy groups -OCH3 is 1. The molecular weight excluding hydrogens is 605 g/mol. The lowest BCUT2D eigenvalue weighted by atomic mass is 9.83. The number of thiazole rings is 1. The van der Waals surface area contributed by atoms with Crippen molar-refractivity contribution in [2.24, 2.45) is 5.92 Å². The van der Waals surface area contributed by atoms with Crippen LogP contribution in [0.15, 0.2) is 76.6 Å². The predicted octanol–water partition coefficient (Wildman–Crippen LogP) is 5.05. The quantitative estimate of drug-likeness (QED) is 0.276. The molecule has 1 aromatic heterocycles. The standard InChI is InChI=1S/C29H21ClFN3O6S2/c1-39-20-12-14(2-11-19(20)40-13-21(35)32-17-7-3-15(30)4-8-17)22-23-25(41-26-24(22)42-29(38)33-26)28(37)34(27(23)36)18-9-5-16(31)6-10-18/h2-12,22-23,25H,13H2,1H3,(H,32,35)(H,33,38)/t22-,23-,25+/m0/s1. The number of thioether (sulfide) groups is 1. The fraction of sp³-hybridized carbons (Fsp3) is 0.172. The summed E-state index contributed by atoms with van der Waals surface area (Å²) in [5, 5.41) is 2.98. The molecule has 0 unspecified atom stereocenters. The molecule has 1 saturated heterocycles. The van der Waals surface area contributed by atoms with Crippen LogP contribution in [0.2, 0.25) is 5.02 Å². The zero-order chi connectivity index (χ0) is 29.5. The lowest BCUT2D eigenvalue weighted by molar-refractivity contribution is -0.122. The van der Waals surface area contributed by atoms with Crippen LogP contribution in [0.1, 0.15) is 16.4 Å². The van der Waals surface area contributed by atoms with Gasteiger partial charge in [0.2, 0.25) is 11.8 Å². The van der Waals surface area contributed by atoms with Crippen LogP contribution in [0.25, 0.3) is 0 Å². The fourth-order valence-corrected chi connectivity index (χ4v) is 7.73. The number of hydrogen-bond donors (Lipinski definition) is 2. The number of nitrogens with zero attached hydrogens (tertiary/aromatic N) is 1. The van der Waals surface area contributed by atoms with Gasteiger partial charge >= 0.3 is 4.87 Å². The predicted molar refractivity (Wildman–Crippen MR) is 157 cm³/mol. The van der Waals surface area contributed by atoms with Crippen molar-refractivity contribution in [1.29, 1.82) is 0 Å². The summed E-state index contributed by atoms with van der Waals surface area (Å²) in [4.78, 5) is 56.3. The van der Waals surface area contributed by atoms with Crippen molar-refractivity contribution in [2.75, 3.05) is 23.9 Å². The minimum absolute atomic E-state index is 0.273. The van der Waals surface area contributed by atoms with Gasteiger partial charge in [0.1, 0.15) is 11.1 Å². The molecule has 3 aromatic carbocycles. The summed E-state index contributed by atoms with van der Waals surface area (Å²) in [6, 6.07) is 16.8. The molecule has 2 aliphatic rings. The minimum atomic E-state index is -0.826. The number of anilines is 2. The van der Waals surface area contributed by atoms with Crippen molar-refractivity contribution in [1.82, 2.24) is 4.98 Å². The smallest absolute Gasteiger partial charge is 0.305 e. The highest BCUT2D eigenvalue weighted by Crippen LogP contribution is 2.53. The number of halogens is 2. The van der Waals surface area contributed by atoms with Gasteiger partial charge in [-0.3, -0.25) is 19.2 Å². The molecule has 6 rings (SSSR count). The van der Waals surface area contributed by atoms with Gasteiger partial charge in [-0.2, -0.15) is 0 Å². The average molecular weight is 626 g/mol. The zero-order valence-electron chi connectivity index (χ0n) is 21.8. The first-order valence-corrected chi connectivity index (χ1v) is 14.7. The Labute approximate surface area is 251 Å². The van der Waals surface area contributed by atoms with Crippen molar-refractivity contribution in [3.8, 4) is 11.5 Å². The van der Waals surface area contributed by atoms with E-state index in [0.717, 1.165) is 28.0 Å². The summed E-state index contributed by atoms with van der Waals surface area (Å²) in [5.74, 6) is -2.65. The molecular formula is C29H21ClFN3O6S2. The molecule has 3 atom stereocenters. The van der Waals surface area contributed by atoms with Crippen LogP contribution in [-0.2, 0) is 14.4 Å². The van der Waals surface area contributed by atoms with E-state index < -0.39 is 40.6 Å². The van der Waals surface area contributed by atoms with Crippen molar-refractivity contribution in [2.45, 2.75) is 16.2 Å². The van der Waals surface area contributed by atoms with Crippen LogP contribution in [0, 0.1) is 11.7 Å². The van der Waals surface area contributed by atoms with E-state index in [1.165, 1.54) is 31.4 Å². The van der Waals surface area contributed by atoms with Crippen LogP contribution in [0.3, 0.4) is 0 Å². The van der Waals surface area contributed by atoms with Crippen LogP contribution in [-0.4, -0.2) is 41.7 Å². The normalized spacial score (nSPS) is 19.3. The fourth-order valence-electron chi connectivity index (χ4n) is 5.09. The SMILES string of the molecule is COc1cc([C@@H]2c3sc(=O)[nH]c3S[C@H]3C(=O)N(c4ccc(F)cc4)C(=O)[C@@H]23)ccc1OCC(=O)Nc1ccc(Cl)cc1. The van der Waals surface area contributed by atoms with Gasteiger partial charge in [0.05, 0.1) is 23.7 Å². The Hall–Kier alpha value is -4.13. The molecule has 0 radical (unpaired) electrons. The molecule has 1 fully saturated rings. The Bertz CT molecular complexity index is 1760. The molecule has 3 amide bonds. The van der Waals surface area contributed by atoms with E-state index in [1.54, 1.807) is 42.5 Å². The average Bonchev–Trinajstić information content (AvgIpc) is 3.47. The molecule has 0 saturated carbocycles. The summed E-state index contributed by atoms with van der Waals surface area (Å²) < 4.78 is 24.8. The number of amides is 3. The molecule has 214 valence electrons. The maximum absolute atomic E-state index is 13.8. The zero-order valence-corrected chi connectivity index (χ0v) is 24.1. The first-order valence-electron chi connectivity index (χ1n) is 12.6. The van der Waals surface area contributed by atoms with Gasteiger partial charge in [-0.05, 0) is 66.2 Å². The largest absolute Gasteiger partial charge is 0.493 e. The summed E-state index contributed by atoms with van der Waals surface area (Å²) >= 11 is 8.02. The molecule has 0 aliphatic carbocycles. The number of ether oxygens (including phenoxy) is 2. The van der Waals surface area contributed by atoms with Crippen molar-refractivity contribution >= 4 is 63.8 Å². The third-order valence-electron chi connectivity index (χ3n) is 6.94. The number of rotatable bonds is 7. The number of hydrogen-bond acceptors (Lipinski definition) is 8. The van der Waals surface area contributed by atoms with Gasteiger partial charge in [0, 0.05) is 21.5 Å². The summed E-state index contributed by atoms with van der Waals surface area (Å²) in [6.45, 7) is -0.299. The topological polar surface area (TPSA) is 118 Å². The molecule has 0 spiro atoms. The number of aromatic amines is 1. The second kappa shape index (κ2) is 11.3. The van der Waals surface area contributed by atoms with Gasteiger partial charge in [-0.15, -0.1) is 0 Å². The number of nitrogens with one attached hydrogen (secondary N) is 2. The minimum Gasteiger partial charge on any atom is -0.493 e. The highest BCUT2D eigenvalue weighted by Gasteiger charge is 2.56. The second-order valence-electron chi connectivity index (χ2n) is 9.49. The van der Waals surface area contributed by atoms with Gasteiger partial charge in [0.25, 0.3) is 5.91 Å².